The summed E-state index contributed by atoms with van der Waals surface area (Å²) in [5, 5.41) is 2.31. The van der Waals surface area contributed by atoms with Gasteiger partial charge < -0.3 is 9.47 Å². The molecule has 0 aliphatic rings. The standard InChI is InChI=1S/C21H30O2/c1-4-6-8-15-22-19-12-10-11-18-14-13-17(3)21(20(18)19)23-16-9-7-5-2/h10-14H,4-9,15-16H2,1-3H3. The molecule has 2 aromatic carbocycles. The fraction of sp³-hybridized carbons (Fsp3) is 0.524. The number of fused-ring (bicyclic) bond motifs is 1. The van der Waals surface area contributed by atoms with Crippen LogP contribution in [-0.4, -0.2) is 13.2 Å². The zero-order valence-corrected chi connectivity index (χ0v) is 14.9. The molecule has 0 N–H and O–H groups in total. The van der Waals surface area contributed by atoms with Crippen molar-refractivity contribution in [3.05, 3.63) is 35.9 Å². The number of aryl methyl sites for hydroxylation is 1. The second-order valence-electron chi connectivity index (χ2n) is 6.18. The summed E-state index contributed by atoms with van der Waals surface area (Å²) < 4.78 is 12.2. The van der Waals surface area contributed by atoms with E-state index in [1.807, 2.05) is 0 Å². The Labute approximate surface area is 140 Å². The monoisotopic (exact) mass is 314 g/mol. The van der Waals surface area contributed by atoms with Crippen LogP contribution >= 0.6 is 0 Å². The smallest absolute Gasteiger partial charge is 0.133 e. The van der Waals surface area contributed by atoms with Gasteiger partial charge in [-0.1, -0.05) is 63.8 Å². The van der Waals surface area contributed by atoms with E-state index < -0.39 is 0 Å². The van der Waals surface area contributed by atoms with E-state index in [0.717, 1.165) is 42.9 Å². The van der Waals surface area contributed by atoms with Gasteiger partial charge in [0.15, 0.2) is 0 Å². The van der Waals surface area contributed by atoms with Crippen LogP contribution in [0.2, 0.25) is 0 Å². The van der Waals surface area contributed by atoms with Crippen molar-refractivity contribution in [1.29, 1.82) is 0 Å². The van der Waals surface area contributed by atoms with Gasteiger partial charge in [0.2, 0.25) is 0 Å². The van der Waals surface area contributed by atoms with Crippen LogP contribution in [0.5, 0.6) is 11.5 Å². The Morgan fingerprint density at radius 3 is 2.17 bits per heavy atom. The predicted molar refractivity (Wildman–Crippen MR) is 98.7 cm³/mol. The van der Waals surface area contributed by atoms with Crippen LogP contribution in [0, 0.1) is 6.92 Å². The predicted octanol–water partition coefficient (Wildman–Crippen LogP) is 6.29. The molecular weight excluding hydrogens is 284 g/mol. The van der Waals surface area contributed by atoms with E-state index in [4.69, 9.17) is 9.47 Å². The molecule has 2 rings (SSSR count). The van der Waals surface area contributed by atoms with Crippen molar-refractivity contribution in [2.45, 2.75) is 59.3 Å². The van der Waals surface area contributed by atoms with Gasteiger partial charge in [0.05, 0.1) is 18.6 Å². The molecule has 0 bridgehead atoms. The molecule has 0 fully saturated rings. The summed E-state index contributed by atoms with van der Waals surface area (Å²) in [7, 11) is 0. The summed E-state index contributed by atoms with van der Waals surface area (Å²) in [6.07, 6.45) is 7.05. The molecule has 0 aromatic heterocycles. The lowest BCUT2D eigenvalue weighted by atomic mass is 10.0. The summed E-state index contributed by atoms with van der Waals surface area (Å²) in [5.74, 6) is 1.94. The highest BCUT2D eigenvalue weighted by Gasteiger charge is 2.11. The van der Waals surface area contributed by atoms with Gasteiger partial charge in [0.1, 0.15) is 11.5 Å². The molecular formula is C21H30O2. The number of unbranched alkanes of at least 4 members (excludes halogenated alkanes) is 4. The Kier molecular flexibility index (Phi) is 7.25. The number of hydrogen-bond donors (Lipinski definition) is 0. The minimum atomic E-state index is 0.774. The number of ether oxygens (including phenoxy) is 2. The van der Waals surface area contributed by atoms with Crippen molar-refractivity contribution < 1.29 is 9.47 Å². The van der Waals surface area contributed by atoms with Crippen LogP contribution in [0.15, 0.2) is 30.3 Å². The molecule has 0 heterocycles. The summed E-state index contributed by atoms with van der Waals surface area (Å²) in [6, 6.07) is 10.5. The molecule has 126 valence electrons. The van der Waals surface area contributed by atoms with Gasteiger partial charge in [0, 0.05) is 0 Å². The van der Waals surface area contributed by atoms with E-state index in [2.05, 4.69) is 51.1 Å². The van der Waals surface area contributed by atoms with Gasteiger partial charge in [-0.2, -0.15) is 0 Å². The minimum absolute atomic E-state index is 0.774. The largest absolute Gasteiger partial charge is 0.493 e. The molecule has 23 heavy (non-hydrogen) atoms. The molecule has 0 unspecified atom stereocenters. The van der Waals surface area contributed by atoms with Gasteiger partial charge in [-0.05, 0) is 36.8 Å². The Bertz CT molecular complexity index is 604. The molecule has 0 amide bonds. The second kappa shape index (κ2) is 9.44. The topological polar surface area (TPSA) is 18.5 Å². The average molecular weight is 314 g/mol. The van der Waals surface area contributed by atoms with Gasteiger partial charge in [-0.15, -0.1) is 0 Å². The highest BCUT2D eigenvalue weighted by molar-refractivity contribution is 5.94. The van der Waals surface area contributed by atoms with Gasteiger partial charge in [-0.3, -0.25) is 0 Å². The summed E-state index contributed by atoms with van der Waals surface area (Å²) in [4.78, 5) is 0. The fourth-order valence-electron chi connectivity index (χ4n) is 2.78. The Hall–Kier alpha value is -1.70. The zero-order valence-electron chi connectivity index (χ0n) is 14.9. The molecule has 0 radical (unpaired) electrons. The Balaban J connectivity index is 2.22. The van der Waals surface area contributed by atoms with Crippen LogP contribution in [0.25, 0.3) is 10.8 Å². The van der Waals surface area contributed by atoms with Crippen molar-refractivity contribution in [3.8, 4) is 11.5 Å². The maximum atomic E-state index is 6.14. The van der Waals surface area contributed by atoms with Crippen LogP contribution in [0.4, 0.5) is 0 Å². The average Bonchev–Trinajstić information content (AvgIpc) is 2.57. The number of hydrogen-bond acceptors (Lipinski definition) is 2. The lowest BCUT2D eigenvalue weighted by Crippen LogP contribution is -2.02. The number of benzene rings is 2. The maximum absolute atomic E-state index is 6.14. The van der Waals surface area contributed by atoms with Gasteiger partial charge in [0.25, 0.3) is 0 Å². The fourth-order valence-corrected chi connectivity index (χ4v) is 2.78. The third-order valence-electron chi connectivity index (χ3n) is 4.16. The van der Waals surface area contributed by atoms with Gasteiger partial charge >= 0.3 is 0 Å². The first-order valence-electron chi connectivity index (χ1n) is 9.05. The summed E-state index contributed by atoms with van der Waals surface area (Å²) in [6.45, 7) is 8.09. The Morgan fingerprint density at radius 1 is 0.783 bits per heavy atom. The lowest BCUT2D eigenvalue weighted by molar-refractivity contribution is 0.298. The van der Waals surface area contributed by atoms with Crippen molar-refractivity contribution >= 4 is 10.8 Å². The third-order valence-corrected chi connectivity index (χ3v) is 4.16. The van der Waals surface area contributed by atoms with Crippen molar-refractivity contribution in [3.63, 3.8) is 0 Å². The van der Waals surface area contributed by atoms with Crippen LogP contribution < -0.4 is 9.47 Å². The van der Waals surface area contributed by atoms with E-state index in [1.54, 1.807) is 0 Å². The zero-order chi connectivity index (χ0) is 16.5. The molecule has 0 atom stereocenters. The van der Waals surface area contributed by atoms with Crippen LogP contribution in [0.3, 0.4) is 0 Å². The SMILES string of the molecule is CCCCCOc1cccc2ccc(C)c(OCCCCC)c12. The summed E-state index contributed by atoms with van der Waals surface area (Å²) in [5.41, 5.74) is 1.18. The second-order valence-corrected chi connectivity index (χ2v) is 6.18. The molecule has 0 spiro atoms. The molecule has 0 aliphatic carbocycles. The van der Waals surface area contributed by atoms with E-state index in [0.29, 0.717) is 0 Å². The van der Waals surface area contributed by atoms with Crippen molar-refractivity contribution in [1.82, 2.24) is 0 Å². The van der Waals surface area contributed by atoms with E-state index >= 15 is 0 Å². The van der Waals surface area contributed by atoms with E-state index in [9.17, 15) is 0 Å². The first kappa shape index (κ1) is 17.7. The molecule has 2 aromatic rings. The molecule has 2 heteroatoms. The lowest BCUT2D eigenvalue weighted by Gasteiger charge is -2.16. The van der Waals surface area contributed by atoms with Crippen molar-refractivity contribution in [2.75, 3.05) is 13.2 Å². The first-order chi connectivity index (χ1) is 11.3. The highest BCUT2D eigenvalue weighted by atomic mass is 16.5. The van der Waals surface area contributed by atoms with E-state index in [1.165, 1.54) is 36.6 Å². The maximum Gasteiger partial charge on any atom is 0.133 e. The molecule has 0 aliphatic heterocycles. The molecule has 0 saturated heterocycles. The van der Waals surface area contributed by atoms with Crippen LogP contribution in [0.1, 0.15) is 57.9 Å². The molecule has 2 nitrogen and oxygen atoms in total. The third kappa shape index (κ3) is 4.89. The van der Waals surface area contributed by atoms with Crippen LogP contribution in [-0.2, 0) is 0 Å². The summed E-state index contributed by atoms with van der Waals surface area (Å²) >= 11 is 0. The molecule has 0 saturated carbocycles. The normalized spacial score (nSPS) is 10.9. The number of rotatable bonds is 10. The Morgan fingerprint density at radius 2 is 1.48 bits per heavy atom. The minimum Gasteiger partial charge on any atom is -0.493 e. The first-order valence-corrected chi connectivity index (χ1v) is 9.05. The van der Waals surface area contributed by atoms with Crippen molar-refractivity contribution in [2.24, 2.45) is 0 Å². The van der Waals surface area contributed by atoms with Gasteiger partial charge in [-0.25, -0.2) is 0 Å². The van der Waals surface area contributed by atoms with E-state index in [-0.39, 0.29) is 0 Å². The highest BCUT2D eigenvalue weighted by Crippen LogP contribution is 2.36. The quantitative estimate of drug-likeness (QED) is 0.480.